The smallest absolute Gasteiger partial charge is 0.222 e. The third-order valence-corrected chi connectivity index (χ3v) is 5.71. The minimum Gasteiger partial charge on any atom is -0.345 e. The minimum absolute atomic E-state index is 0.341. The van der Waals surface area contributed by atoms with E-state index in [-0.39, 0.29) is 0 Å². The zero-order chi connectivity index (χ0) is 15.4. The molecule has 2 aliphatic heterocycles. The molecule has 3 rings (SSSR count). The first-order valence-electron chi connectivity index (χ1n) is 8.38. The highest BCUT2D eigenvalue weighted by Gasteiger charge is 2.23. The maximum absolute atomic E-state index is 12.4. The van der Waals surface area contributed by atoms with Crippen LogP contribution in [0.1, 0.15) is 30.6 Å². The van der Waals surface area contributed by atoms with Gasteiger partial charge in [-0.2, -0.15) is 0 Å². The Morgan fingerprint density at radius 2 is 2.05 bits per heavy atom. The van der Waals surface area contributed by atoms with Crippen molar-refractivity contribution in [3.05, 3.63) is 11.1 Å². The van der Waals surface area contributed by atoms with Gasteiger partial charge in [0.25, 0.3) is 0 Å². The molecule has 0 spiro atoms. The molecule has 3 heterocycles. The highest BCUT2D eigenvalue weighted by Crippen LogP contribution is 2.23. The Morgan fingerprint density at radius 1 is 1.32 bits per heavy atom. The fourth-order valence-electron chi connectivity index (χ4n) is 3.29. The maximum atomic E-state index is 12.4. The SMILES string of the molecule is Cc1cnc(N2CCN(C(=O)CCC3CCNCC3)CC2)s1. The van der Waals surface area contributed by atoms with Crippen molar-refractivity contribution in [1.29, 1.82) is 0 Å². The van der Waals surface area contributed by atoms with Crippen LogP contribution in [0.3, 0.4) is 0 Å². The summed E-state index contributed by atoms with van der Waals surface area (Å²) in [5.74, 6) is 1.08. The van der Waals surface area contributed by atoms with Gasteiger partial charge in [-0.25, -0.2) is 4.98 Å². The number of aromatic nitrogens is 1. The molecule has 1 aromatic rings. The summed E-state index contributed by atoms with van der Waals surface area (Å²) in [5.41, 5.74) is 0. The minimum atomic E-state index is 0.341. The average molecular weight is 322 g/mol. The number of amides is 1. The lowest BCUT2D eigenvalue weighted by Gasteiger charge is -2.35. The van der Waals surface area contributed by atoms with Gasteiger partial charge in [-0.1, -0.05) is 0 Å². The average Bonchev–Trinajstić information content (AvgIpc) is 3.00. The van der Waals surface area contributed by atoms with Gasteiger partial charge in [0.15, 0.2) is 5.13 Å². The van der Waals surface area contributed by atoms with E-state index in [1.54, 1.807) is 11.3 Å². The lowest BCUT2D eigenvalue weighted by atomic mass is 9.93. The second-order valence-electron chi connectivity index (χ2n) is 6.35. The predicted molar refractivity (Wildman–Crippen MR) is 90.5 cm³/mol. The lowest BCUT2D eigenvalue weighted by molar-refractivity contribution is -0.131. The van der Waals surface area contributed by atoms with E-state index in [0.717, 1.165) is 63.2 Å². The molecule has 6 heteroatoms. The van der Waals surface area contributed by atoms with E-state index in [9.17, 15) is 4.79 Å². The van der Waals surface area contributed by atoms with Gasteiger partial charge in [0.05, 0.1) is 0 Å². The van der Waals surface area contributed by atoms with E-state index < -0.39 is 0 Å². The molecular weight excluding hydrogens is 296 g/mol. The number of carbonyl (C=O) groups excluding carboxylic acids is 1. The van der Waals surface area contributed by atoms with Crippen LogP contribution < -0.4 is 10.2 Å². The van der Waals surface area contributed by atoms with Crippen LogP contribution in [-0.4, -0.2) is 55.1 Å². The van der Waals surface area contributed by atoms with Crippen molar-refractivity contribution in [2.24, 2.45) is 5.92 Å². The Kier molecular flexibility index (Phi) is 5.31. The Bertz CT molecular complexity index is 490. The van der Waals surface area contributed by atoms with Crippen molar-refractivity contribution in [3.63, 3.8) is 0 Å². The van der Waals surface area contributed by atoms with Crippen LogP contribution >= 0.6 is 11.3 Å². The van der Waals surface area contributed by atoms with Gasteiger partial charge < -0.3 is 15.1 Å². The second-order valence-corrected chi connectivity index (χ2v) is 7.57. The van der Waals surface area contributed by atoms with Crippen LogP contribution in [0.5, 0.6) is 0 Å². The zero-order valence-corrected chi connectivity index (χ0v) is 14.2. The molecule has 0 radical (unpaired) electrons. The Labute approximate surface area is 136 Å². The molecule has 0 aliphatic carbocycles. The van der Waals surface area contributed by atoms with Gasteiger partial charge in [0, 0.05) is 43.7 Å². The number of nitrogens with one attached hydrogen (secondary N) is 1. The number of rotatable bonds is 4. The van der Waals surface area contributed by atoms with E-state index in [1.165, 1.54) is 17.7 Å². The van der Waals surface area contributed by atoms with Crippen LogP contribution in [0.4, 0.5) is 5.13 Å². The summed E-state index contributed by atoms with van der Waals surface area (Å²) >= 11 is 1.74. The van der Waals surface area contributed by atoms with Gasteiger partial charge in [-0.05, 0) is 45.2 Å². The first-order valence-corrected chi connectivity index (χ1v) is 9.20. The van der Waals surface area contributed by atoms with E-state index in [2.05, 4.69) is 22.1 Å². The first kappa shape index (κ1) is 15.7. The monoisotopic (exact) mass is 322 g/mol. The first-order chi connectivity index (χ1) is 10.7. The second kappa shape index (κ2) is 7.42. The maximum Gasteiger partial charge on any atom is 0.222 e. The summed E-state index contributed by atoms with van der Waals surface area (Å²) in [4.78, 5) is 22.4. The summed E-state index contributed by atoms with van der Waals surface area (Å²) in [7, 11) is 0. The third-order valence-electron chi connectivity index (χ3n) is 4.74. The van der Waals surface area contributed by atoms with Gasteiger partial charge >= 0.3 is 0 Å². The quantitative estimate of drug-likeness (QED) is 0.919. The molecule has 1 amide bonds. The summed E-state index contributed by atoms with van der Waals surface area (Å²) in [6, 6.07) is 0. The molecule has 0 saturated carbocycles. The molecule has 1 N–H and O–H groups in total. The highest BCUT2D eigenvalue weighted by molar-refractivity contribution is 7.15. The van der Waals surface area contributed by atoms with Crippen molar-refractivity contribution in [2.75, 3.05) is 44.2 Å². The fourth-order valence-corrected chi connectivity index (χ4v) is 4.10. The molecule has 0 unspecified atom stereocenters. The van der Waals surface area contributed by atoms with Crippen LogP contribution in [0, 0.1) is 12.8 Å². The van der Waals surface area contributed by atoms with Crippen molar-refractivity contribution in [3.8, 4) is 0 Å². The number of piperidine rings is 1. The van der Waals surface area contributed by atoms with Crippen LogP contribution in [0.2, 0.25) is 0 Å². The number of hydrogen-bond acceptors (Lipinski definition) is 5. The zero-order valence-electron chi connectivity index (χ0n) is 13.4. The fraction of sp³-hybridized carbons (Fsp3) is 0.750. The van der Waals surface area contributed by atoms with Crippen LogP contribution in [0.25, 0.3) is 0 Å². The van der Waals surface area contributed by atoms with E-state index in [1.807, 2.05) is 11.1 Å². The third kappa shape index (κ3) is 3.98. The molecule has 22 heavy (non-hydrogen) atoms. The van der Waals surface area contributed by atoms with Gasteiger partial charge in [-0.15, -0.1) is 11.3 Å². The molecule has 1 aromatic heterocycles. The standard InChI is InChI=1S/C16H26N4OS/c1-13-12-18-16(22-13)20-10-8-19(9-11-20)15(21)3-2-14-4-6-17-7-5-14/h12,14,17H,2-11H2,1H3. The number of aryl methyl sites for hydroxylation is 1. The highest BCUT2D eigenvalue weighted by atomic mass is 32.1. The van der Waals surface area contributed by atoms with Gasteiger partial charge in [-0.3, -0.25) is 4.79 Å². The Morgan fingerprint density at radius 3 is 2.68 bits per heavy atom. The predicted octanol–water partition coefficient (Wildman–Crippen LogP) is 1.88. The van der Waals surface area contributed by atoms with E-state index in [4.69, 9.17) is 0 Å². The molecule has 0 atom stereocenters. The topological polar surface area (TPSA) is 48.5 Å². The van der Waals surface area contributed by atoms with E-state index in [0.29, 0.717) is 5.91 Å². The number of hydrogen-bond donors (Lipinski definition) is 1. The van der Waals surface area contributed by atoms with Crippen molar-refractivity contribution in [1.82, 2.24) is 15.2 Å². The van der Waals surface area contributed by atoms with Gasteiger partial charge in [0.2, 0.25) is 5.91 Å². The molecular formula is C16H26N4OS. The largest absolute Gasteiger partial charge is 0.345 e. The molecule has 2 fully saturated rings. The molecule has 2 saturated heterocycles. The van der Waals surface area contributed by atoms with Crippen LogP contribution in [-0.2, 0) is 4.79 Å². The molecule has 2 aliphatic rings. The molecule has 122 valence electrons. The summed E-state index contributed by atoms with van der Waals surface area (Å²) in [6.07, 6.45) is 6.17. The summed E-state index contributed by atoms with van der Waals surface area (Å²) in [5, 5.41) is 4.48. The summed E-state index contributed by atoms with van der Waals surface area (Å²) < 4.78 is 0. The number of anilines is 1. The van der Waals surface area contributed by atoms with E-state index >= 15 is 0 Å². The normalized spacial score (nSPS) is 20.4. The number of nitrogens with zero attached hydrogens (tertiary/aromatic N) is 3. The molecule has 5 nitrogen and oxygen atoms in total. The Hall–Kier alpha value is -1.14. The summed E-state index contributed by atoms with van der Waals surface area (Å²) in [6.45, 7) is 7.81. The van der Waals surface area contributed by atoms with Crippen molar-refractivity contribution in [2.45, 2.75) is 32.6 Å². The van der Waals surface area contributed by atoms with Crippen LogP contribution in [0.15, 0.2) is 6.20 Å². The number of thiazole rings is 1. The number of carbonyl (C=O) groups is 1. The van der Waals surface area contributed by atoms with Crippen molar-refractivity contribution >= 4 is 22.4 Å². The lowest BCUT2D eigenvalue weighted by Crippen LogP contribution is -2.48. The van der Waals surface area contributed by atoms with Gasteiger partial charge in [0.1, 0.15) is 0 Å². The van der Waals surface area contributed by atoms with Crippen molar-refractivity contribution < 1.29 is 4.79 Å². The molecule has 0 bridgehead atoms. The Balaban J connectivity index is 1.41. The number of piperazine rings is 1. The molecule has 0 aromatic carbocycles.